The van der Waals surface area contributed by atoms with Gasteiger partial charge in [-0.25, -0.2) is 4.98 Å². The van der Waals surface area contributed by atoms with Gasteiger partial charge in [0.1, 0.15) is 5.01 Å². The Hall–Kier alpha value is -1.27. The van der Waals surface area contributed by atoms with Crippen molar-refractivity contribution in [3.8, 4) is 11.3 Å². The van der Waals surface area contributed by atoms with Crippen LogP contribution >= 0.6 is 11.3 Å². The van der Waals surface area contributed by atoms with Gasteiger partial charge in [0, 0.05) is 30.1 Å². The Kier molecular flexibility index (Phi) is 3.96. The molecule has 1 aromatic carbocycles. The number of likely N-dealkylation sites (tertiary alicyclic amines) is 1. The Morgan fingerprint density at radius 2 is 2.05 bits per heavy atom. The number of nitrogens with two attached hydrogens (primary N) is 1. The number of aromatic nitrogens is 1. The molecule has 3 heterocycles. The molecule has 2 aromatic rings. The summed E-state index contributed by atoms with van der Waals surface area (Å²) in [5, 5.41) is 3.37. The van der Waals surface area contributed by atoms with Gasteiger partial charge in [0.25, 0.3) is 0 Å². The van der Waals surface area contributed by atoms with Gasteiger partial charge in [0.05, 0.1) is 25.5 Å². The molecule has 0 bridgehead atoms. The molecule has 0 spiro atoms. The first kappa shape index (κ1) is 14.3. The van der Waals surface area contributed by atoms with Crippen LogP contribution in [0.5, 0.6) is 0 Å². The number of hydrogen-bond acceptors (Lipinski definition) is 5. The highest BCUT2D eigenvalue weighted by Crippen LogP contribution is 2.28. The molecule has 0 atom stereocenters. The Morgan fingerprint density at radius 3 is 2.91 bits per heavy atom. The van der Waals surface area contributed by atoms with Gasteiger partial charge in [-0.2, -0.15) is 0 Å². The van der Waals surface area contributed by atoms with Crippen LogP contribution in [0.1, 0.15) is 29.0 Å². The summed E-state index contributed by atoms with van der Waals surface area (Å²) in [5.41, 5.74) is 10.9. The van der Waals surface area contributed by atoms with E-state index in [0.717, 1.165) is 51.4 Å². The van der Waals surface area contributed by atoms with E-state index < -0.39 is 0 Å². The lowest BCUT2D eigenvalue weighted by Gasteiger charge is -2.29. The summed E-state index contributed by atoms with van der Waals surface area (Å²) in [5.74, 6) is 0. The molecule has 4 nitrogen and oxygen atoms in total. The minimum atomic E-state index is 0.386. The molecule has 1 saturated heterocycles. The van der Waals surface area contributed by atoms with Crippen molar-refractivity contribution >= 4 is 11.3 Å². The maximum Gasteiger partial charge on any atom is 0.107 e. The first-order chi connectivity index (χ1) is 10.8. The van der Waals surface area contributed by atoms with Gasteiger partial charge in [0.2, 0.25) is 0 Å². The molecule has 0 saturated carbocycles. The minimum Gasteiger partial charge on any atom is -0.372 e. The van der Waals surface area contributed by atoms with Crippen LogP contribution in [0.25, 0.3) is 11.3 Å². The van der Waals surface area contributed by atoms with Crippen LogP contribution in [-0.4, -0.2) is 29.0 Å². The van der Waals surface area contributed by atoms with Crippen LogP contribution in [0.3, 0.4) is 0 Å². The molecular formula is C17H21N3OS. The molecule has 2 aliphatic heterocycles. The molecule has 116 valence electrons. The topological polar surface area (TPSA) is 51.4 Å². The molecule has 22 heavy (non-hydrogen) atoms. The molecular weight excluding hydrogens is 294 g/mol. The lowest BCUT2D eigenvalue weighted by Crippen LogP contribution is -2.39. The summed E-state index contributed by atoms with van der Waals surface area (Å²) in [7, 11) is 0. The number of hydrogen-bond donors (Lipinski definition) is 1. The molecule has 0 radical (unpaired) electrons. The Morgan fingerprint density at radius 1 is 1.23 bits per heavy atom. The van der Waals surface area contributed by atoms with E-state index in [9.17, 15) is 0 Å². The van der Waals surface area contributed by atoms with Crippen LogP contribution < -0.4 is 5.73 Å². The van der Waals surface area contributed by atoms with Crippen LogP contribution in [0.15, 0.2) is 23.6 Å². The molecule has 5 heteroatoms. The second-order valence-corrected chi connectivity index (χ2v) is 7.16. The van der Waals surface area contributed by atoms with Crippen molar-refractivity contribution in [3.63, 3.8) is 0 Å². The number of thiazole rings is 1. The second kappa shape index (κ2) is 6.08. The van der Waals surface area contributed by atoms with Crippen LogP contribution in [-0.2, 0) is 24.5 Å². The Balaban J connectivity index is 1.47. The van der Waals surface area contributed by atoms with Crippen molar-refractivity contribution in [2.45, 2.75) is 38.6 Å². The van der Waals surface area contributed by atoms with Crippen LogP contribution in [0.4, 0.5) is 0 Å². The van der Waals surface area contributed by atoms with Gasteiger partial charge in [-0.1, -0.05) is 12.1 Å². The summed E-state index contributed by atoms with van der Waals surface area (Å²) in [4.78, 5) is 7.28. The van der Waals surface area contributed by atoms with Gasteiger partial charge in [-0.15, -0.1) is 11.3 Å². The smallest absolute Gasteiger partial charge is 0.107 e. The molecule has 2 aliphatic rings. The molecule has 1 fully saturated rings. The summed E-state index contributed by atoms with van der Waals surface area (Å²) in [6, 6.07) is 6.94. The standard InChI is InChI=1S/C17H21N3OS/c18-15-3-5-20(6-4-15)8-17-19-16(11-22-17)12-1-2-13-9-21-10-14(13)7-12/h1-2,7,11,15H,3-6,8-10,18H2. The lowest BCUT2D eigenvalue weighted by molar-refractivity contribution is 0.134. The number of rotatable bonds is 3. The highest BCUT2D eigenvalue weighted by atomic mass is 32.1. The third-order valence-corrected chi connectivity index (χ3v) is 5.39. The maximum atomic E-state index is 5.97. The second-order valence-electron chi connectivity index (χ2n) is 6.22. The van der Waals surface area contributed by atoms with Crippen molar-refractivity contribution < 1.29 is 4.74 Å². The molecule has 4 rings (SSSR count). The van der Waals surface area contributed by atoms with Crippen molar-refractivity contribution in [3.05, 3.63) is 39.7 Å². The SMILES string of the molecule is NC1CCN(Cc2nc(-c3ccc4c(c3)COC4)cs2)CC1. The average Bonchev–Trinajstić information content (AvgIpc) is 3.17. The summed E-state index contributed by atoms with van der Waals surface area (Å²) in [6.45, 7) is 4.60. The van der Waals surface area contributed by atoms with Gasteiger partial charge < -0.3 is 10.5 Å². The molecule has 0 unspecified atom stereocenters. The van der Waals surface area contributed by atoms with E-state index >= 15 is 0 Å². The summed E-state index contributed by atoms with van der Waals surface area (Å²) in [6.07, 6.45) is 2.20. The third kappa shape index (κ3) is 2.94. The number of fused-ring (bicyclic) bond motifs is 1. The first-order valence-electron chi connectivity index (χ1n) is 7.90. The fourth-order valence-electron chi connectivity index (χ4n) is 3.15. The van der Waals surface area contributed by atoms with E-state index in [-0.39, 0.29) is 0 Å². The Labute approximate surface area is 134 Å². The van der Waals surface area contributed by atoms with Crippen LogP contribution in [0.2, 0.25) is 0 Å². The van der Waals surface area contributed by atoms with Gasteiger partial charge >= 0.3 is 0 Å². The highest BCUT2D eigenvalue weighted by molar-refractivity contribution is 7.09. The largest absolute Gasteiger partial charge is 0.372 e. The van der Waals surface area contributed by atoms with E-state index in [2.05, 4.69) is 28.5 Å². The number of benzene rings is 1. The zero-order valence-electron chi connectivity index (χ0n) is 12.6. The monoisotopic (exact) mass is 315 g/mol. The van der Waals surface area contributed by atoms with E-state index in [0.29, 0.717) is 6.04 Å². The number of piperidine rings is 1. The Bertz CT molecular complexity index is 662. The highest BCUT2D eigenvalue weighted by Gasteiger charge is 2.18. The predicted molar refractivity (Wildman–Crippen MR) is 88.5 cm³/mol. The summed E-state index contributed by atoms with van der Waals surface area (Å²) < 4.78 is 5.49. The van der Waals surface area contributed by atoms with Gasteiger partial charge in [0.15, 0.2) is 0 Å². The van der Waals surface area contributed by atoms with E-state index in [1.54, 1.807) is 11.3 Å². The average molecular weight is 315 g/mol. The van der Waals surface area contributed by atoms with Crippen LogP contribution in [0, 0.1) is 0 Å². The normalized spacial score (nSPS) is 19.5. The van der Waals surface area contributed by atoms with Crippen molar-refractivity contribution in [1.82, 2.24) is 9.88 Å². The van der Waals surface area contributed by atoms with Crippen molar-refractivity contribution in [1.29, 1.82) is 0 Å². The third-order valence-electron chi connectivity index (χ3n) is 4.56. The lowest BCUT2D eigenvalue weighted by atomic mass is 10.1. The maximum absolute atomic E-state index is 5.97. The van der Waals surface area contributed by atoms with E-state index in [4.69, 9.17) is 15.5 Å². The fourth-order valence-corrected chi connectivity index (χ4v) is 3.99. The number of ether oxygens (including phenoxy) is 1. The molecule has 2 N–H and O–H groups in total. The molecule has 0 amide bonds. The first-order valence-corrected chi connectivity index (χ1v) is 8.78. The van der Waals surface area contributed by atoms with Gasteiger partial charge in [-0.3, -0.25) is 4.90 Å². The quantitative estimate of drug-likeness (QED) is 0.946. The molecule has 1 aromatic heterocycles. The molecule has 0 aliphatic carbocycles. The fraction of sp³-hybridized carbons (Fsp3) is 0.471. The summed E-state index contributed by atoms with van der Waals surface area (Å²) >= 11 is 1.76. The van der Waals surface area contributed by atoms with Crippen molar-refractivity contribution in [2.24, 2.45) is 5.73 Å². The van der Waals surface area contributed by atoms with Gasteiger partial charge in [-0.05, 0) is 30.0 Å². The number of nitrogens with zero attached hydrogens (tertiary/aromatic N) is 2. The zero-order chi connectivity index (χ0) is 14.9. The van der Waals surface area contributed by atoms with Crippen molar-refractivity contribution in [2.75, 3.05) is 13.1 Å². The minimum absolute atomic E-state index is 0.386. The van der Waals surface area contributed by atoms with E-state index in [1.165, 1.54) is 21.7 Å². The van der Waals surface area contributed by atoms with E-state index in [1.807, 2.05) is 0 Å². The zero-order valence-corrected chi connectivity index (χ0v) is 13.4. The predicted octanol–water partition coefficient (Wildman–Crippen LogP) is 2.76.